The van der Waals surface area contributed by atoms with Gasteiger partial charge in [0.05, 0.1) is 17.4 Å². The van der Waals surface area contributed by atoms with Crippen LogP contribution in [0.1, 0.15) is 30.5 Å². The summed E-state index contributed by atoms with van der Waals surface area (Å²) in [4.78, 5) is 18.7. The highest BCUT2D eigenvalue weighted by Crippen LogP contribution is 2.33. The number of rotatable bonds is 10. The van der Waals surface area contributed by atoms with Crippen molar-refractivity contribution >= 4 is 38.5 Å². The van der Waals surface area contributed by atoms with E-state index in [0.717, 1.165) is 38.1 Å². The number of thioether (sulfide) groups is 1. The molecule has 4 rings (SSSR count). The van der Waals surface area contributed by atoms with Crippen molar-refractivity contribution in [3.05, 3.63) is 95.7 Å². The Bertz CT molecular complexity index is 1580. The summed E-state index contributed by atoms with van der Waals surface area (Å²) >= 11 is 1.58. The lowest BCUT2D eigenvalue weighted by atomic mass is 9.86. The van der Waals surface area contributed by atoms with Gasteiger partial charge in [-0.1, -0.05) is 42.5 Å². The fraction of sp³-hybridized carbons (Fsp3) is 0.290. The molecule has 0 aliphatic carbocycles. The summed E-state index contributed by atoms with van der Waals surface area (Å²) < 4.78 is 29.5. The minimum atomic E-state index is -3.19. The second-order valence-electron chi connectivity index (χ2n) is 9.75. The molecule has 8 heteroatoms. The Balaban J connectivity index is 1.77. The molecule has 1 aromatic heterocycles. The molecular formula is C31H33NO5S2. The van der Waals surface area contributed by atoms with E-state index in [1.54, 1.807) is 43.9 Å². The van der Waals surface area contributed by atoms with Crippen LogP contribution in [0.25, 0.3) is 22.0 Å². The monoisotopic (exact) mass is 563 g/mol. The summed E-state index contributed by atoms with van der Waals surface area (Å²) in [6.07, 6.45) is 5.35. The van der Waals surface area contributed by atoms with Crippen molar-refractivity contribution in [2.75, 3.05) is 19.1 Å². The number of aliphatic hydroxyl groups is 1. The minimum Gasteiger partial charge on any atom is -0.464 e. The lowest BCUT2D eigenvalue weighted by Gasteiger charge is -2.27. The number of nitrogens with zero attached hydrogens (tertiary/aromatic N) is 1. The van der Waals surface area contributed by atoms with Gasteiger partial charge in [-0.05, 0) is 79.1 Å². The molecule has 2 atom stereocenters. The Kier molecular flexibility index (Phi) is 8.79. The van der Waals surface area contributed by atoms with Crippen molar-refractivity contribution in [2.24, 2.45) is 0 Å². The third kappa shape index (κ3) is 6.52. The standard InChI is InChI=1S/C31H33NO5S2/c1-5-37-30(33)31(34,26-11-13-27(38-3)14-12-26)20-22-8-6-9-24(17-22)28-19-23(16-21(2)39(4,35)36)18-25-10-7-15-32-29(25)28/h6-15,17-19,21,34H,5,16,20H2,1-4H3. The molecule has 39 heavy (non-hydrogen) atoms. The Hall–Kier alpha value is -3.20. The number of carbonyl (C=O) groups excluding carboxylic acids is 1. The van der Waals surface area contributed by atoms with Crippen molar-refractivity contribution in [3.8, 4) is 11.1 Å². The molecule has 0 bridgehead atoms. The van der Waals surface area contributed by atoms with E-state index in [0.29, 0.717) is 12.0 Å². The molecule has 6 nitrogen and oxygen atoms in total. The quantitative estimate of drug-likeness (QED) is 0.199. The molecule has 0 saturated heterocycles. The highest BCUT2D eigenvalue weighted by atomic mass is 32.2. The first-order valence-electron chi connectivity index (χ1n) is 12.7. The molecule has 1 heterocycles. The molecule has 0 aliphatic rings. The third-order valence-electron chi connectivity index (χ3n) is 6.90. The fourth-order valence-electron chi connectivity index (χ4n) is 4.63. The van der Waals surface area contributed by atoms with Gasteiger partial charge >= 0.3 is 5.97 Å². The topological polar surface area (TPSA) is 93.6 Å². The van der Waals surface area contributed by atoms with Crippen LogP contribution >= 0.6 is 11.8 Å². The van der Waals surface area contributed by atoms with Crippen LogP contribution in [-0.2, 0) is 37.8 Å². The Morgan fingerprint density at radius 3 is 2.46 bits per heavy atom. The summed E-state index contributed by atoms with van der Waals surface area (Å²) in [5, 5.41) is 12.1. The van der Waals surface area contributed by atoms with Gasteiger partial charge in [0.1, 0.15) is 9.84 Å². The smallest absolute Gasteiger partial charge is 0.343 e. The average Bonchev–Trinajstić information content (AvgIpc) is 2.92. The molecule has 204 valence electrons. The van der Waals surface area contributed by atoms with Gasteiger partial charge in [-0.2, -0.15) is 0 Å². The SMILES string of the molecule is CCOC(=O)C(O)(Cc1cccc(-c2cc(CC(C)S(C)(=O)=O)cc3cccnc23)c1)c1ccc(SC)cc1. The van der Waals surface area contributed by atoms with Gasteiger partial charge < -0.3 is 9.84 Å². The van der Waals surface area contributed by atoms with E-state index in [4.69, 9.17) is 4.74 Å². The average molecular weight is 564 g/mol. The number of hydrogen-bond acceptors (Lipinski definition) is 7. The number of aromatic nitrogens is 1. The molecule has 0 amide bonds. The van der Waals surface area contributed by atoms with Crippen LogP contribution in [0.3, 0.4) is 0 Å². The normalized spacial score (nSPS) is 14.1. The first-order valence-corrected chi connectivity index (χ1v) is 15.9. The Morgan fingerprint density at radius 2 is 1.79 bits per heavy atom. The molecule has 1 N–H and O–H groups in total. The first kappa shape index (κ1) is 28.8. The van der Waals surface area contributed by atoms with Gasteiger partial charge in [0.25, 0.3) is 0 Å². The number of hydrogen-bond donors (Lipinski definition) is 1. The van der Waals surface area contributed by atoms with E-state index >= 15 is 0 Å². The predicted molar refractivity (Wildman–Crippen MR) is 158 cm³/mol. The Labute approximate surface area is 234 Å². The molecule has 3 aromatic carbocycles. The Morgan fingerprint density at radius 1 is 1.05 bits per heavy atom. The maximum Gasteiger partial charge on any atom is 0.343 e. The number of esters is 1. The molecule has 0 spiro atoms. The second kappa shape index (κ2) is 11.9. The minimum absolute atomic E-state index is 0.0223. The highest BCUT2D eigenvalue weighted by molar-refractivity contribution is 7.98. The lowest BCUT2D eigenvalue weighted by Crippen LogP contribution is -2.39. The molecule has 4 aromatic rings. The number of sulfone groups is 1. The first-order chi connectivity index (χ1) is 18.5. The van der Waals surface area contributed by atoms with E-state index in [1.165, 1.54) is 6.26 Å². The van der Waals surface area contributed by atoms with E-state index in [2.05, 4.69) is 4.98 Å². The summed E-state index contributed by atoms with van der Waals surface area (Å²) in [5.74, 6) is -0.698. The summed E-state index contributed by atoms with van der Waals surface area (Å²) in [5.41, 5.74) is 2.75. The van der Waals surface area contributed by atoms with Crippen molar-refractivity contribution in [1.29, 1.82) is 0 Å². The van der Waals surface area contributed by atoms with Crippen LogP contribution in [0, 0.1) is 0 Å². The van der Waals surface area contributed by atoms with Crippen molar-refractivity contribution in [1.82, 2.24) is 4.98 Å². The number of pyridine rings is 1. The van der Waals surface area contributed by atoms with Gasteiger partial charge in [0.2, 0.25) is 0 Å². The van der Waals surface area contributed by atoms with Crippen LogP contribution < -0.4 is 0 Å². The third-order valence-corrected chi connectivity index (χ3v) is 9.27. The zero-order valence-corrected chi connectivity index (χ0v) is 24.2. The van der Waals surface area contributed by atoms with Crippen LogP contribution in [0.2, 0.25) is 0 Å². The summed E-state index contributed by atoms with van der Waals surface area (Å²) in [6.45, 7) is 3.58. The lowest BCUT2D eigenvalue weighted by molar-refractivity contribution is -0.166. The zero-order chi connectivity index (χ0) is 28.2. The summed E-state index contributed by atoms with van der Waals surface area (Å²) in [7, 11) is -3.19. The van der Waals surface area contributed by atoms with Crippen LogP contribution in [0.15, 0.2) is 83.9 Å². The fourth-order valence-corrected chi connectivity index (χ4v) is 5.53. The van der Waals surface area contributed by atoms with E-state index < -0.39 is 26.7 Å². The molecule has 0 saturated carbocycles. The highest BCUT2D eigenvalue weighted by Gasteiger charge is 2.40. The van der Waals surface area contributed by atoms with Gasteiger partial charge in [-0.3, -0.25) is 4.98 Å². The molecular weight excluding hydrogens is 530 g/mol. The molecule has 2 unspecified atom stereocenters. The van der Waals surface area contributed by atoms with E-state index in [1.807, 2.05) is 66.9 Å². The predicted octanol–water partition coefficient (Wildman–Crippen LogP) is 5.59. The van der Waals surface area contributed by atoms with Crippen molar-refractivity contribution in [2.45, 2.75) is 42.4 Å². The van der Waals surface area contributed by atoms with Crippen LogP contribution in [0.4, 0.5) is 0 Å². The van der Waals surface area contributed by atoms with Gasteiger partial charge in [-0.25, -0.2) is 13.2 Å². The van der Waals surface area contributed by atoms with Gasteiger partial charge in [-0.15, -0.1) is 11.8 Å². The zero-order valence-electron chi connectivity index (χ0n) is 22.5. The van der Waals surface area contributed by atoms with E-state index in [9.17, 15) is 18.3 Å². The summed E-state index contributed by atoms with van der Waals surface area (Å²) in [6, 6.07) is 22.7. The van der Waals surface area contributed by atoms with Crippen molar-refractivity contribution < 1.29 is 23.1 Å². The second-order valence-corrected chi connectivity index (χ2v) is 13.1. The number of carbonyl (C=O) groups is 1. The number of ether oxygens (including phenoxy) is 1. The molecule has 0 radical (unpaired) electrons. The maximum atomic E-state index is 13.0. The van der Waals surface area contributed by atoms with Crippen LogP contribution in [0.5, 0.6) is 0 Å². The van der Waals surface area contributed by atoms with Crippen molar-refractivity contribution in [3.63, 3.8) is 0 Å². The molecule has 0 fully saturated rings. The molecule has 0 aliphatic heterocycles. The largest absolute Gasteiger partial charge is 0.464 e. The van der Waals surface area contributed by atoms with Gasteiger partial charge in [0, 0.05) is 34.7 Å². The number of fused-ring (bicyclic) bond motifs is 1. The van der Waals surface area contributed by atoms with E-state index in [-0.39, 0.29) is 13.0 Å². The van der Waals surface area contributed by atoms with Crippen LogP contribution in [-0.4, -0.2) is 48.8 Å². The van der Waals surface area contributed by atoms with Gasteiger partial charge in [0.15, 0.2) is 5.60 Å². The maximum absolute atomic E-state index is 13.0. The number of benzene rings is 3.